The molecular weight excluding hydrogens is 430 g/mol. The second kappa shape index (κ2) is 10.2. The molecule has 0 aliphatic carbocycles. The Morgan fingerprint density at radius 2 is 1.59 bits per heavy atom. The van der Waals surface area contributed by atoms with E-state index in [0.717, 1.165) is 5.39 Å². The van der Waals surface area contributed by atoms with Crippen LogP contribution in [0, 0.1) is 5.92 Å². The van der Waals surface area contributed by atoms with Gasteiger partial charge in [0.1, 0.15) is 17.5 Å². The summed E-state index contributed by atoms with van der Waals surface area (Å²) in [5.41, 5.74) is 6.66. The third-order valence-corrected chi connectivity index (χ3v) is 6.07. The molecule has 0 aliphatic heterocycles. The van der Waals surface area contributed by atoms with Crippen molar-refractivity contribution < 1.29 is 26.9 Å². The predicted octanol–water partition coefficient (Wildman–Crippen LogP) is 2.99. The van der Waals surface area contributed by atoms with Crippen LogP contribution >= 0.6 is 0 Å². The zero-order chi connectivity index (χ0) is 23.1. The topological polar surface area (TPSA) is 113 Å². The van der Waals surface area contributed by atoms with Crippen LogP contribution in [-0.4, -0.2) is 33.0 Å². The van der Waals surface area contributed by atoms with Gasteiger partial charge in [0.25, 0.3) is 0 Å². The molecule has 0 aromatic heterocycles. The number of nitrogens with two attached hydrogens (primary N) is 1. The van der Waals surface area contributed by atoms with Crippen molar-refractivity contribution in [1.82, 2.24) is 0 Å². The Morgan fingerprint density at radius 3 is 2.28 bits per heavy atom. The minimum absolute atomic E-state index is 0.00271. The number of carbonyl (C=O) groups is 2. The van der Waals surface area contributed by atoms with E-state index in [1.807, 2.05) is 12.1 Å². The highest BCUT2D eigenvalue weighted by Gasteiger charge is 2.36. The molecule has 1 unspecified atom stereocenters. The molecule has 32 heavy (non-hydrogen) atoms. The molecular formula is C24H23NO6S. The van der Waals surface area contributed by atoms with E-state index in [0.29, 0.717) is 10.9 Å². The minimum atomic E-state index is -4.44. The number of ether oxygens (including phenoxy) is 1. The molecule has 3 rings (SSSR count). The van der Waals surface area contributed by atoms with Crippen molar-refractivity contribution in [2.75, 3.05) is 6.61 Å². The van der Waals surface area contributed by atoms with Crippen LogP contribution in [0.5, 0.6) is 0 Å². The summed E-state index contributed by atoms with van der Waals surface area (Å²) in [5, 5.41) is 1.52. The molecule has 0 heterocycles. The van der Waals surface area contributed by atoms with Crippen molar-refractivity contribution in [2.24, 2.45) is 11.7 Å². The van der Waals surface area contributed by atoms with E-state index >= 15 is 0 Å². The molecule has 0 amide bonds. The fourth-order valence-corrected chi connectivity index (χ4v) is 4.11. The molecule has 166 valence electrons. The molecule has 3 aromatic carbocycles. The Hall–Kier alpha value is -3.49. The van der Waals surface area contributed by atoms with Crippen LogP contribution in [-0.2, 0) is 35.0 Å². The van der Waals surface area contributed by atoms with Gasteiger partial charge in [0.2, 0.25) is 0 Å². The molecule has 2 N–H and O–H groups in total. The van der Waals surface area contributed by atoms with Crippen molar-refractivity contribution >= 4 is 32.8 Å². The van der Waals surface area contributed by atoms with Crippen LogP contribution < -0.4 is 5.73 Å². The average Bonchev–Trinajstić information content (AvgIpc) is 2.80. The second-order valence-corrected chi connectivity index (χ2v) is 8.65. The lowest BCUT2D eigenvalue weighted by Crippen LogP contribution is -2.45. The summed E-state index contributed by atoms with van der Waals surface area (Å²) >= 11 is 0. The maximum atomic E-state index is 12.9. The van der Waals surface area contributed by atoms with Gasteiger partial charge in [-0.25, -0.2) is 0 Å². The third kappa shape index (κ3) is 5.60. The quantitative estimate of drug-likeness (QED) is 0.301. The first kappa shape index (κ1) is 23.2. The summed E-state index contributed by atoms with van der Waals surface area (Å²) in [6.07, 6.45) is 1.36. The Morgan fingerprint density at radius 1 is 0.938 bits per heavy atom. The Balaban J connectivity index is 1.86. The van der Waals surface area contributed by atoms with E-state index in [4.69, 9.17) is 14.7 Å². The lowest BCUT2D eigenvalue weighted by atomic mass is 9.92. The number of rotatable bonds is 9. The summed E-state index contributed by atoms with van der Waals surface area (Å²) in [6, 6.07) is 18.9. The van der Waals surface area contributed by atoms with Gasteiger partial charge in [0.05, 0.1) is 5.92 Å². The molecule has 0 bridgehead atoms. The monoisotopic (exact) mass is 453 g/mol. The molecule has 8 heteroatoms. The molecule has 0 fully saturated rings. The summed E-state index contributed by atoms with van der Waals surface area (Å²) in [6.45, 7) is 3.37. The van der Waals surface area contributed by atoms with Crippen molar-refractivity contribution in [3.05, 3.63) is 91.0 Å². The van der Waals surface area contributed by atoms with E-state index in [1.165, 1.54) is 18.2 Å². The van der Waals surface area contributed by atoms with Gasteiger partial charge in [-0.05, 0) is 34.9 Å². The lowest BCUT2D eigenvalue weighted by Gasteiger charge is -2.21. The summed E-state index contributed by atoms with van der Waals surface area (Å²) in [5.74, 6) is -3.26. The first-order valence-electron chi connectivity index (χ1n) is 9.86. The largest absolute Gasteiger partial charge is 0.460 e. The van der Waals surface area contributed by atoms with Crippen molar-refractivity contribution in [3.8, 4) is 0 Å². The number of fused-ring (bicyclic) bond motifs is 1. The molecule has 0 radical (unpaired) electrons. The molecule has 3 aromatic rings. The van der Waals surface area contributed by atoms with Gasteiger partial charge in [-0.2, -0.15) is 8.42 Å². The van der Waals surface area contributed by atoms with E-state index in [2.05, 4.69) is 6.58 Å². The van der Waals surface area contributed by atoms with E-state index < -0.39 is 34.0 Å². The minimum Gasteiger partial charge on any atom is -0.460 e. The van der Waals surface area contributed by atoms with Crippen LogP contribution in [0.25, 0.3) is 10.8 Å². The standard InChI is InChI=1S/C24H23NO6S/c1-2-14-30-24(27)22(25)21(15-17-8-4-3-5-9-17)23(26)31-32(28,29)20-13-12-18-10-6-7-11-19(18)16-20/h2-13,16,21-22H,1,14-15,25H2/t21?,22-/m0/s1. The summed E-state index contributed by atoms with van der Waals surface area (Å²) in [7, 11) is -4.44. The van der Waals surface area contributed by atoms with E-state index in [9.17, 15) is 18.0 Å². The van der Waals surface area contributed by atoms with Crippen molar-refractivity contribution in [3.63, 3.8) is 0 Å². The number of hydrogen-bond acceptors (Lipinski definition) is 7. The molecule has 0 aliphatic rings. The summed E-state index contributed by atoms with van der Waals surface area (Å²) < 4.78 is 35.4. The van der Waals surface area contributed by atoms with Crippen molar-refractivity contribution in [2.45, 2.75) is 17.4 Å². The number of esters is 1. The van der Waals surface area contributed by atoms with Gasteiger partial charge in [0, 0.05) is 0 Å². The van der Waals surface area contributed by atoms with Gasteiger partial charge in [0.15, 0.2) is 0 Å². The second-order valence-electron chi connectivity index (χ2n) is 7.11. The molecule has 0 saturated carbocycles. The molecule has 7 nitrogen and oxygen atoms in total. The predicted molar refractivity (Wildman–Crippen MR) is 120 cm³/mol. The maximum absolute atomic E-state index is 12.9. The highest BCUT2D eigenvalue weighted by Crippen LogP contribution is 2.23. The van der Waals surface area contributed by atoms with E-state index in [-0.39, 0.29) is 17.9 Å². The van der Waals surface area contributed by atoms with Gasteiger partial charge in [-0.1, -0.05) is 73.3 Å². The maximum Gasteiger partial charge on any atom is 0.341 e. The number of hydrogen-bond donors (Lipinski definition) is 1. The van der Waals surface area contributed by atoms with Crippen LogP contribution in [0.1, 0.15) is 5.56 Å². The normalized spacial score (nSPS) is 13.2. The highest BCUT2D eigenvalue weighted by molar-refractivity contribution is 7.87. The SMILES string of the molecule is C=CCOC(=O)[C@@H](N)C(Cc1ccccc1)C(=O)OS(=O)(=O)c1ccc2ccccc2c1. The number of benzene rings is 3. The van der Waals surface area contributed by atoms with Gasteiger partial charge in [-0.15, -0.1) is 0 Å². The van der Waals surface area contributed by atoms with Crippen molar-refractivity contribution in [1.29, 1.82) is 0 Å². The van der Waals surface area contributed by atoms with E-state index in [1.54, 1.807) is 48.5 Å². The first-order valence-corrected chi connectivity index (χ1v) is 11.3. The third-order valence-electron chi connectivity index (χ3n) is 4.85. The van der Waals surface area contributed by atoms with Gasteiger partial charge in [-0.3, -0.25) is 9.59 Å². The fourth-order valence-electron chi connectivity index (χ4n) is 3.17. The van der Waals surface area contributed by atoms with Gasteiger partial charge >= 0.3 is 22.1 Å². The zero-order valence-corrected chi connectivity index (χ0v) is 18.0. The Bertz CT molecular complexity index is 1220. The van der Waals surface area contributed by atoms with Crippen LogP contribution in [0.4, 0.5) is 0 Å². The average molecular weight is 454 g/mol. The van der Waals surface area contributed by atoms with Crippen LogP contribution in [0.2, 0.25) is 0 Å². The lowest BCUT2D eigenvalue weighted by molar-refractivity contribution is -0.151. The Kier molecular flexibility index (Phi) is 7.40. The molecule has 0 spiro atoms. The highest BCUT2D eigenvalue weighted by atomic mass is 32.2. The smallest absolute Gasteiger partial charge is 0.341 e. The molecule has 0 saturated heterocycles. The zero-order valence-electron chi connectivity index (χ0n) is 17.2. The van der Waals surface area contributed by atoms with Crippen LogP contribution in [0.15, 0.2) is 90.3 Å². The summed E-state index contributed by atoms with van der Waals surface area (Å²) in [4.78, 5) is 25.0. The van der Waals surface area contributed by atoms with Crippen LogP contribution in [0.3, 0.4) is 0 Å². The molecule has 2 atom stereocenters. The first-order chi connectivity index (χ1) is 15.3. The fraction of sp³-hybridized carbons (Fsp3) is 0.167. The van der Waals surface area contributed by atoms with Gasteiger partial charge < -0.3 is 14.7 Å². The Labute approximate surface area is 186 Å². The number of carbonyl (C=O) groups excluding carboxylic acids is 2.